The molecule has 0 fully saturated rings. The number of pyridine rings is 1. The number of aromatic nitrogens is 4. The lowest BCUT2D eigenvalue weighted by molar-refractivity contribution is -0.136. The maximum Gasteiger partial charge on any atom is 0.418 e. The molecule has 4 rings (SSSR count). The highest BCUT2D eigenvalue weighted by Gasteiger charge is 2.34. The SMILES string of the molecule is Cn1cc(C(F)(F)F)c2cc(CC(=O)Nc3ccn(Cc4ccc(C#N)cn4)n3)ccc21. The normalized spacial score (nSPS) is 11.5. The van der Waals surface area contributed by atoms with Crippen molar-refractivity contribution < 1.29 is 18.0 Å². The van der Waals surface area contributed by atoms with Crippen LogP contribution in [0.15, 0.2) is 55.0 Å². The number of aryl methyl sites for hydroxylation is 1. The third-order valence-corrected chi connectivity index (χ3v) is 4.91. The van der Waals surface area contributed by atoms with E-state index in [2.05, 4.69) is 15.4 Å². The van der Waals surface area contributed by atoms with Gasteiger partial charge in [0.25, 0.3) is 0 Å². The van der Waals surface area contributed by atoms with Crippen molar-refractivity contribution in [3.05, 3.63) is 77.4 Å². The average molecular weight is 438 g/mol. The molecule has 0 aliphatic heterocycles. The van der Waals surface area contributed by atoms with Crippen LogP contribution in [0.5, 0.6) is 0 Å². The van der Waals surface area contributed by atoms with Crippen molar-refractivity contribution in [3.63, 3.8) is 0 Å². The number of nitrogens with one attached hydrogen (secondary N) is 1. The maximum atomic E-state index is 13.3. The third-order valence-electron chi connectivity index (χ3n) is 4.91. The molecule has 162 valence electrons. The van der Waals surface area contributed by atoms with Crippen LogP contribution in [0, 0.1) is 11.3 Å². The van der Waals surface area contributed by atoms with Crippen LogP contribution >= 0.6 is 0 Å². The molecule has 1 N–H and O–H groups in total. The Kier molecular flexibility index (Phi) is 5.40. The number of alkyl halides is 3. The number of carbonyl (C=O) groups is 1. The molecule has 32 heavy (non-hydrogen) atoms. The number of benzene rings is 1. The predicted octanol–water partition coefficient (Wildman–Crippen LogP) is 3.89. The molecular formula is C22H17F3N6O. The number of anilines is 1. The Morgan fingerprint density at radius 3 is 2.72 bits per heavy atom. The van der Waals surface area contributed by atoms with E-state index >= 15 is 0 Å². The second kappa shape index (κ2) is 8.19. The van der Waals surface area contributed by atoms with E-state index < -0.39 is 17.6 Å². The van der Waals surface area contributed by atoms with Crippen molar-refractivity contribution in [3.8, 4) is 6.07 Å². The molecule has 0 spiro atoms. The number of carbonyl (C=O) groups excluding carboxylic acids is 1. The van der Waals surface area contributed by atoms with Crippen molar-refractivity contribution in [2.45, 2.75) is 19.1 Å². The van der Waals surface area contributed by atoms with Gasteiger partial charge in [-0.2, -0.15) is 23.5 Å². The van der Waals surface area contributed by atoms with Gasteiger partial charge in [0.05, 0.1) is 29.8 Å². The Hall–Kier alpha value is -4.13. The number of nitriles is 1. The summed E-state index contributed by atoms with van der Waals surface area (Å²) in [6.45, 7) is 0.354. The first-order chi connectivity index (χ1) is 15.2. The van der Waals surface area contributed by atoms with Gasteiger partial charge >= 0.3 is 6.18 Å². The fourth-order valence-corrected chi connectivity index (χ4v) is 3.41. The second-order valence-electron chi connectivity index (χ2n) is 7.28. The number of hydrogen-bond acceptors (Lipinski definition) is 4. The number of rotatable bonds is 5. The zero-order valence-corrected chi connectivity index (χ0v) is 16.9. The molecule has 1 aromatic carbocycles. The Morgan fingerprint density at radius 1 is 1.22 bits per heavy atom. The maximum absolute atomic E-state index is 13.3. The van der Waals surface area contributed by atoms with Gasteiger partial charge in [-0.15, -0.1) is 0 Å². The van der Waals surface area contributed by atoms with Gasteiger partial charge in [0.15, 0.2) is 5.82 Å². The van der Waals surface area contributed by atoms with E-state index in [9.17, 15) is 18.0 Å². The molecule has 0 saturated carbocycles. The summed E-state index contributed by atoms with van der Waals surface area (Å²) in [5, 5.41) is 15.8. The van der Waals surface area contributed by atoms with Gasteiger partial charge in [-0.05, 0) is 29.8 Å². The van der Waals surface area contributed by atoms with E-state index in [1.165, 1.54) is 16.8 Å². The average Bonchev–Trinajstić information content (AvgIpc) is 3.32. The van der Waals surface area contributed by atoms with E-state index in [-0.39, 0.29) is 11.8 Å². The monoisotopic (exact) mass is 438 g/mol. The van der Waals surface area contributed by atoms with Crippen molar-refractivity contribution in [1.29, 1.82) is 5.26 Å². The molecule has 0 unspecified atom stereocenters. The molecular weight excluding hydrogens is 421 g/mol. The van der Waals surface area contributed by atoms with Gasteiger partial charge in [-0.25, -0.2) is 0 Å². The zero-order chi connectivity index (χ0) is 22.9. The van der Waals surface area contributed by atoms with Crippen LogP contribution in [-0.2, 0) is 31.0 Å². The molecule has 0 atom stereocenters. The Labute approximate surface area is 180 Å². The van der Waals surface area contributed by atoms with E-state index in [1.54, 1.807) is 48.3 Å². The van der Waals surface area contributed by atoms with Gasteiger partial charge in [0.2, 0.25) is 5.91 Å². The Bertz CT molecular complexity index is 1330. The van der Waals surface area contributed by atoms with Gasteiger partial charge in [-0.3, -0.25) is 14.5 Å². The molecule has 0 saturated heterocycles. The molecule has 1 amide bonds. The highest BCUT2D eigenvalue weighted by molar-refractivity contribution is 5.92. The summed E-state index contributed by atoms with van der Waals surface area (Å²) in [5.74, 6) is -0.0731. The molecule has 10 heteroatoms. The highest BCUT2D eigenvalue weighted by Crippen LogP contribution is 2.36. The smallest absolute Gasteiger partial charge is 0.350 e. The van der Waals surface area contributed by atoms with E-state index in [4.69, 9.17) is 5.26 Å². The lowest BCUT2D eigenvalue weighted by atomic mass is 10.1. The summed E-state index contributed by atoms with van der Waals surface area (Å²) in [5.41, 5.74) is 1.33. The first-order valence-electron chi connectivity index (χ1n) is 9.56. The number of halogens is 3. The predicted molar refractivity (Wildman–Crippen MR) is 111 cm³/mol. The van der Waals surface area contributed by atoms with Crippen LogP contribution in [-0.4, -0.2) is 25.2 Å². The second-order valence-corrected chi connectivity index (χ2v) is 7.28. The van der Waals surface area contributed by atoms with Crippen molar-refractivity contribution in [2.24, 2.45) is 7.05 Å². The number of nitrogens with zero attached hydrogens (tertiary/aromatic N) is 5. The molecule has 4 aromatic rings. The summed E-state index contributed by atoms with van der Waals surface area (Å²) in [6, 6.07) is 11.6. The summed E-state index contributed by atoms with van der Waals surface area (Å²) >= 11 is 0. The molecule has 3 aromatic heterocycles. The van der Waals surface area contributed by atoms with Crippen molar-refractivity contribution in [2.75, 3.05) is 5.32 Å². The van der Waals surface area contributed by atoms with Gasteiger partial charge in [-0.1, -0.05) is 6.07 Å². The van der Waals surface area contributed by atoms with Crippen LogP contribution in [0.2, 0.25) is 0 Å². The summed E-state index contributed by atoms with van der Waals surface area (Å²) in [7, 11) is 1.55. The minimum Gasteiger partial charge on any atom is -0.350 e. The topological polar surface area (TPSA) is 88.5 Å². The lowest BCUT2D eigenvalue weighted by Gasteiger charge is -2.06. The first kappa shape index (κ1) is 21.1. The summed E-state index contributed by atoms with van der Waals surface area (Å²) < 4.78 is 42.9. The van der Waals surface area contributed by atoms with E-state index in [0.29, 0.717) is 34.7 Å². The summed E-state index contributed by atoms with van der Waals surface area (Å²) in [4.78, 5) is 16.6. The van der Waals surface area contributed by atoms with E-state index in [1.807, 2.05) is 6.07 Å². The number of hydrogen-bond donors (Lipinski definition) is 1. The fourth-order valence-electron chi connectivity index (χ4n) is 3.41. The van der Waals surface area contributed by atoms with Gasteiger partial charge in [0, 0.05) is 42.6 Å². The molecule has 0 radical (unpaired) electrons. The van der Waals surface area contributed by atoms with Crippen LogP contribution in [0.3, 0.4) is 0 Å². The molecule has 0 aliphatic carbocycles. The van der Waals surface area contributed by atoms with Gasteiger partial charge < -0.3 is 9.88 Å². The van der Waals surface area contributed by atoms with Gasteiger partial charge in [0.1, 0.15) is 6.07 Å². The minimum absolute atomic E-state index is 0.0597. The van der Waals surface area contributed by atoms with E-state index in [0.717, 1.165) is 6.20 Å². The van der Waals surface area contributed by atoms with Crippen molar-refractivity contribution >= 4 is 22.6 Å². The minimum atomic E-state index is -4.48. The number of fused-ring (bicyclic) bond motifs is 1. The Morgan fingerprint density at radius 2 is 2.03 bits per heavy atom. The highest BCUT2D eigenvalue weighted by atomic mass is 19.4. The summed E-state index contributed by atoms with van der Waals surface area (Å²) in [6.07, 6.45) is -0.385. The van der Waals surface area contributed by atoms with Crippen LogP contribution < -0.4 is 5.32 Å². The molecule has 3 heterocycles. The number of amides is 1. The zero-order valence-electron chi connectivity index (χ0n) is 16.9. The van der Waals surface area contributed by atoms with Crippen LogP contribution in [0.25, 0.3) is 10.9 Å². The van der Waals surface area contributed by atoms with Crippen LogP contribution in [0.1, 0.15) is 22.4 Å². The molecule has 0 bridgehead atoms. The quantitative estimate of drug-likeness (QED) is 0.512. The van der Waals surface area contributed by atoms with Crippen LogP contribution in [0.4, 0.5) is 19.0 Å². The van der Waals surface area contributed by atoms with Crippen molar-refractivity contribution in [1.82, 2.24) is 19.3 Å². The first-order valence-corrected chi connectivity index (χ1v) is 9.56. The largest absolute Gasteiger partial charge is 0.418 e. The lowest BCUT2D eigenvalue weighted by Crippen LogP contribution is -2.15. The Balaban J connectivity index is 1.44. The standard InChI is InChI=1S/C22H17F3N6O/c1-30-13-18(22(23,24)25)17-8-14(3-5-19(17)30)9-21(32)28-20-6-7-31(29-20)12-16-4-2-15(10-26)11-27-16/h2-8,11,13H,9,12H2,1H3,(H,28,29,32). The molecule has 0 aliphatic rings. The fraction of sp³-hybridized carbons (Fsp3) is 0.182. The molecule has 7 nitrogen and oxygen atoms in total. The third kappa shape index (κ3) is 4.46.